The number of hydrogen-bond donors (Lipinski definition) is 2. The van der Waals surface area contributed by atoms with E-state index in [1.807, 2.05) is 4.90 Å². The summed E-state index contributed by atoms with van der Waals surface area (Å²) in [6.07, 6.45) is -3.19. The predicted octanol–water partition coefficient (Wildman–Crippen LogP) is 4.35. The van der Waals surface area contributed by atoms with Crippen molar-refractivity contribution >= 4 is 17.5 Å². The summed E-state index contributed by atoms with van der Waals surface area (Å²) >= 11 is 5.87. The summed E-state index contributed by atoms with van der Waals surface area (Å²) in [5.74, 6) is -1.26. The second kappa shape index (κ2) is 8.69. The predicted molar refractivity (Wildman–Crippen MR) is 102 cm³/mol. The van der Waals surface area contributed by atoms with Gasteiger partial charge in [-0.3, -0.25) is 9.69 Å². The maximum Gasteiger partial charge on any atom is 0.417 e. The van der Waals surface area contributed by atoms with Crippen LogP contribution in [0.4, 0.5) is 17.6 Å². The normalized spacial score (nSPS) is 18.6. The molecule has 2 atom stereocenters. The molecule has 0 bridgehead atoms. The van der Waals surface area contributed by atoms with Gasteiger partial charge in [0.05, 0.1) is 28.4 Å². The Kier molecular flexibility index (Phi) is 6.45. The smallest absolute Gasteiger partial charge is 0.344 e. The third kappa shape index (κ3) is 5.07. The van der Waals surface area contributed by atoms with Gasteiger partial charge in [-0.1, -0.05) is 29.8 Å². The number of nitrogens with zero attached hydrogens (tertiary/aromatic N) is 1. The van der Waals surface area contributed by atoms with Crippen LogP contribution in [0.25, 0.3) is 0 Å². The maximum atomic E-state index is 13.7. The summed E-state index contributed by atoms with van der Waals surface area (Å²) in [6.45, 7) is 1.01. The average Bonchev–Trinajstić information content (AvgIpc) is 3.05. The topological polar surface area (TPSA) is 58.4 Å². The fraction of sp³-hybridized carbons (Fsp3) is 0.350. The van der Waals surface area contributed by atoms with E-state index in [0.29, 0.717) is 18.7 Å². The number of halogens is 5. The standard InChI is InChI=1S/C20H20ClF4N3O/c21-18-14(6-2-7-15(18)20(23,24)25)19(29)27-16(11-28-9-3-8-17(28)26)12-4-1-5-13(22)10-12/h1-2,4-7,10,16-17H,3,8-9,11,26H2,(H,27,29)/t16-,17?/m1/s1. The molecule has 0 aromatic heterocycles. The lowest BCUT2D eigenvalue weighted by molar-refractivity contribution is -0.137. The maximum absolute atomic E-state index is 13.7. The Bertz CT molecular complexity index is 890. The van der Waals surface area contributed by atoms with Gasteiger partial charge in [-0.2, -0.15) is 13.2 Å². The van der Waals surface area contributed by atoms with Crippen molar-refractivity contribution in [2.24, 2.45) is 5.73 Å². The van der Waals surface area contributed by atoms with Crippen LogP contribution in [0.5, 0.6) is 0 Å². The number of alkyl halides is 3. The zero-order valence-corrected chi connectivity index (χ0v) is 16.1. The van der Waals surface area contributed by atoms with E-state index in [2.05, 4.69) is 5.32 Å². The van der Waals surface area contributed by atoms with Crippen LogP contribution in [-0.4, -0.2) is 30.1 Å². The van der Waals surface area contributed by atoms with Crippen molar-refractivity contribution in [2.75, 3.05) is 13.1 Å². The van der Waals surface area contributed by atoms with Gasteiger partial charge in [0.25, 0.3) is 5.91 Å². The molecule has 9 heteroatoms. The van der Waals surface area contributed by atoms with Crippen molar-refractivity contribution in [3.8, 4) is 0 Å². The SMILES string of the molecule is NC1CCCN1C[C@@H](NC(=O)c1cccc(C(F)(F)F)c1Cl)c1cccc(F)c1. The highest BCUT2D eigenvalue weighted by Crippen LogP contribution is 2.36. The lowest BCUT2D eigenvalue weighted by atomic mass is 10.0. The van der Waals surface area contributed by atoms with Gasteiger partial charge in [-0.05, 0) is 49.2 Å². The minimum absolute atomic E-state index is 0.194. The quantitative estimate of drug-likeness (QED) is 0.695. The number of rotatable bonds is 5. The molecule has 0 aliphatic carbocycles. The number of benzene rings is 2. The van der Waals surface area contributed by atoms with Crippen molar-refractivity contribution in [2.45, 2.75) is 31.2 Å². The number of carbonyl (C=O) groups excluding carboxylic acids is 1. The van der Waals surface area contributed by atoms with Crippen LogP contribution in [0.2, 0.25) is 5.02 Å². The van der Waals surface area contributed by atoms with Crippen LogP contribution in [0.3, 0.4) is 0 Å². The molecule has 3 N–H and O–H groups in total. The molecule has 1 aliphatic heterocycles. The van der Waals surface area contributed by atoms with E-state index in [1.165, 1.54) is 24.3 Å². The molecule has 1 saturated heterocycles. The van der Waals surface area contributed by atoms with Crippen molar-refractivity contribution < 1.29 is 22.4 Å². The molecule has 1 heterocycles. The number of carbonyl (C=O) groups is 1. The minimum Gasteiger partial charge on any atom is -0.344 e. The van der Waals surface area contributed by atoms with Crippen molar-refractivity contribution in [3.63, 3.8) is 0 Å². The first-order chi connectivity index (χ1) is 13.7. The van der Waals surface area contributed by atoms with E-state index in [0.717, 1.165) is 25.0 Å². The van der Waals surface area contributed by atoms with Crippen LogP contribution < -0.4 is 11.1 Å². The molecule has 1 unspecified atom stereocenters. The fourth-order valence-corrected chi connectivity index (χ4v) is 3.75. The van der Waals surface area contributed by atoms with Crippen LogP contribution in [0.15, 0.2) is 42.5 Å². The summed E-state index contributed by atoms with van der Waals surface area (Å²) in [5.41, 5.74) is 5.16. The molecule has 1 fully saturated rings. The summed E-state index contributed by atoms with van der Waals surface area (Å²) in [6, 6.07) is 8.18. The van der Waals surface area contributed by atoms with Crippen LogP contribution >= 0.6 is 11.6 Å². The van der Waals surface area contributed by atoms with E-state index in [4.69, 9.17) is 17.3 Å². The van der Waals surface area contributed by atoms with E-state index < -0.39 is 34.5 Å². The zero-order chi connectivity index (χ0) is 21.2. The molecule has 3 rings (SSSR count). The van der Waals surface area contributed by atoms with Gasteiger partial charge < -0.3 is 11.1 Å². The second-order valence-electron chi connectivity index (χ2n) is 6.95. The molecule has 1 aliphatic rings. The summed E-state index contributed by atoms with van der Waals surface area (Å²) in [4.78, 5) is 14.7. The Morgan fingerprint density at radius 3 is 2.62 bits per heavy atom. The zero-order valence-electron chi connectivity index (χ0n) is 15.3. The highest BCUT2D eigenvalue weighted by Gasteiger charge is 2.35. The first-order valence-electron chi connectivity index (χ1n) is 9.08. The Morgan fingerprint density at radius 2 is 2.00 bits per heavy atom. The molecule has 0 spiro atoms. The first-order valence-corrected chi connectivity index (χ1v) is 9.46. The lowest BCUT2D eigenvalue weighted by Gasteiger charge is -2.28. The van der Waals surface area contributed by atoms with Crippen LogP contribution in [-0.2, 0) is 6.18 Å². The minimum atomic E-state index is -4.68. The van der Waals surface area contributed by atoms with E-state index in [-0.39, 0.29) is 11.7 Å². The number of nitrogens with one attached hydrogen (secondary N) is 1. The monoisotopic (exact) mass is 429 g/mol. The molecule has 2 aromatic rings. The lowest BCUT2D eigenvalue weighted by Crippen LogP contribution is -2.43. The average molecular weight is 430 g/mol. The molecule has 29 heavy (non-hydrogen) atoms. The number of likely N-dealkylation sites (tertiary alicyclic amines) is 1. The Balaban J connectivity index is 1.88. The molecular formula is C20H20ClF4N3O. The Hall–Kier alpha value is -2.16. The highest BCUT2D eigenvalue weighted by atomic mass is 35.5. The molecule has 156 valence electrons. The second-order valence-corrected chi connectivity index (χ2v) is 7.33. The molecular weight excluding hydrogens is 410 g/mol. The van der Waals surface area contributed by atoms with E-state index in [1.54, 1.807) is 6.07 Å². The van der Waals surface area contributed by atoms with Crippen LogP contribution in [0.1, 0.15) is 40.4 Å². The van der Waals surface area contributed by atoms with E-state index in [9.17, 15) is 22.4 Å². The van der Waals surface area contributed by atoms with Crippen molar-refractivity contribution in [1.82, 2.24) is 10.2 Å². The van der Waals surface area contributed by atoms with E-state index >= 15 is 0 Å². The summed E-state index contributed by atoms with van der Waals surface area (Å²) in [5, 5.41) is 2.02. The Morgan fingerprint density at radius 1 is 1.28 bits per heavy atom. The first kappa shape index (κ1) is 21.5. The van der Waals surface area contributed by atoms with Crippen LogP contribution in [0, 0.1) is 5.82 Å². The van der Waals surface area contributed by atoms with Gasteiger partial charge in [-0.25, -0.2) is 4.39 Å². The highest BCUT2D eigenvalue weighted by molar-refractivity contribution is 6.34. The van der Waals surface area contributed by atoms with Crippen molar-refractivity contribution in [3.05, 3.63) is 70.0 Å². The number of amides is 1. The summed E-state index contributed by atoms with van der Waals surface area (Å²) in [7, 11) is 0. The molecule has 0 saturated carbocycles. The van der Waals surface area contributed by atoms with Gasteiger partial charge in [-0.15, -0.1) is 0 Å². The van der Waals surface area contributed by atoms with Gasteiger partial charge in [0.1, 0.15) is 5.82 Å². The van der Waals surface area contributed by atoms with Gasteiger partial charge in [0, 0.05) is 6.54 Å². The molecule has 1 amide bonds. The third-order valence-corrected chi connectivity index (χ3v) is 5.34. The fourth-order valence-electron chi connectivity index (χ4n) is 3.43. The third-order valence-electron chi connectivity index (χ3n) is 4.94. The number of nitrogens with two attached hydrogens (primary N) is 1. The Labute approximate surface area is 170 Å². The van der Waals surface area contributed by atoms with Gasteiger partial charge in [0.2, 0.25) is 0 Å². The summed E-state index contributed by atoms with van der Waals surface area (Å²) < 4.78 is 53.0. The number of hydrogen-bond acceptors (Lipinski definition) is 3. The van der Waals surface area contributed by atoms with Crippen molar-refractivity contribution in [1.29, 1.82) is 0 Å². The molecule has 0 radical (unpaired) electrons. The molecule has 4 nitrogen and oxygen atoms in total. The van der Waals surface area contributed by atoms with Gasteiger partial charge >= 0.3 is 6.18 Å². The largest absolute Gasteiger partial charge is 0.417 e. The van der Waals surface area contributed by atoms with Gasteiger partial charge in [0.15, 0.2) is 0 Å². The molecule has 2 aromatic carbocycles.